The summed E-state index contributed by atoms with van der Waals surface area (Å²) in [5, 5.41) is 4.91. The summed E-state index contributed by atoms with van der Waals surface area (Å²) in [7, 11) is 1.89. The summed E-state index contributed by atoms with van der Waals surface area (Å²) in [6, 6.07) is 7.15. The van der Waals surface area contributed by atoms with E-state index in [1.54, 1.807) is 0 Å². The van der Waals surface area contributed by atoms with E-state index >= 15 is 0 Å². The molecule has 1 aromatic heterocycles. The number of aromatic amines is 1. The van der Waals surface area contributed by atoms with Gasteiger partial charge in [0.15, 0.2) is 5.96 Å². The Balaban J connectivity index is 1.32. The number of hydrogen-bond acceptors (Lipinski definition) is 2. The highest BCUT2D eigenvalue weighted by atomic mass is 15.3. The fourth-order valence-corrected chi connectivity index (χ4v) is 4.24. The largest absolute Gasteiger partial charge is 0.361 e. The molecular formula is C21H29N5. The maximum Gasteiger partial charge on any atom is 0.193 e. The number of para-hydroxylation sites is 1. The van der Waals surface area contributed by atoms with Crippen molar-refractivity contribution in [3.05, 3.63) is 47.7 Å². The average molecular weight is 351 g/mol. The van der Waals surface area contributed by atoms with Gasteiger partial charge in [-0.1, -0.05) is 30.4 Å². The number of nitrogens with zero attached hydrogens (tertiary/aromatic N) is 3. The molecule has 1 atom stereocenters. The van der Waals surface area contributed by atoms with E-state index in [0.29, 0.717) is 6.04 Å². The highest BCUT2D eigenvalue weighted by Gasteiger charge is 2.29. The summed E-state index contributed by atoms with van der Waals surface area (Å²) in [5.41, 5.74) is 3.93. The van der Waals surface area contributed by atoms with Crippen molar-refractivity contribution in [1.82, 2.24) is 20.1 Å². The highest BCUT2D eigenvalue weighted by Crippen LogP contribution is 2.21. The number of fused-ring (bicyclic) bond motifs is 1. The van der Waals surface area contributed by atoms with E-state index in [9.17, 15) is 0 Å². The summed E-state index contributed by atoms with van der Waals surface area (Å²) < 4.78 is 0. The molecule has 0 saturated carbocycles. The van der Waals surface area contributed by atoms with E-state index in [2.05, 4.69) is 68.6 Å². The molecule has 0 amide bonds. The van der Waals surface area contributed by atoms with Crippen LogP contribution in [0.2, 0.25) is 0 Å². The number of guanidine groups is 1. The van der Waals surface area contributed by atoms with Gasteiger partial charge in [0, 0.05) is 62.9 Å². The van der Waals surface area contributed by atoms with Crippen LogP contribution in [0.3, 0.4) is 0 Å². The van der Waals surface area contributed by atoms with Gasteiger partial charge in [0.05, 0.1) is 0 Å². The van der Waals surface area contributed by atoms with Gasteiger partial charge in [-0.3, -0.25) is 9.89 Å². The Morgan fingerprint density at radius 2 is 2.15 bits per heavy atom. The summed E-state index contributed by atoms with van der Waals surface area (Å²) in [6.45, 7) is 7.43. The number of hydrogen-bond donors (Lipinski definition) is 2. The molecule has 1 unspecified atom stereocenters. The molecule has 2 aromatic rings. The standard InChI is InChI=1S/C21H29N5/c1-16-6-5-7-19-17(14-24-20(16)19)8-10-23-21(22-2)26-13-9-18(15-26)25-11-3-4-12-25/h3-7,14,18,24H,8-13,15H2,1-2H3,(H,22,23). The van der Waals surface area contributed by atoms with Crippen LogP contribution < -0.4 is 5.32 Å². The van der Waals surface area contributed by atoms with Crippen LogP contribution in [0, 0.1) is 6.92 Å². The van der Waals surface area contributed by atoms with Crippen LogP contribution in [0.4, 0.5) is 0 Å². The minimum atomic E-state index is 0.653. The van der Waals surface area contributed by atoms with Crippen molar-refractivity contribution in [2.45, 2.75) is 25.8 Å². The van der Waals surface area contributed by atoms with E-state index in [1.807, 2.05) is 7.05 Å². The Labute approximate surface area is 155 Å². The van der Waals surface area contributed by atoms with Crippen LogP contribution in [0.1, 0.15) is 17.5 Å². The van der Waals surface area contributed by atoms with E-state index in [4.69, 9.17) is 0 Å². The number of aliphatic imine (C=N–C) groups is 1. The molecule has 2 aliphatic heterocycles. The minimum Gasteiger partial charge on any atom is -0.361 e. The molecule has 0 radical (unpaired) electrons. The predicted octanol–water partition coefficient (Wildman–Crippen LogP) is 2.54. The van der Waals surface area contributed by atoms with Gasteiger partial charge in [-0.25, -0.2) is 0 Å². The monoisotopic (exact) mass is 351 g/mol. The molecule has 26 heavy (non-hydrogen) atoms. The molecule has 0 aliphatic carbocycles. The quantitative estimate of drug-likeness (QED) is 0.506. The molecule has 138 valence electrons. The molecule has 5 heteroatoms. The fourth-order valence-electron chi connectivity index (χ4n) is 4.24. The number of aromatic nitrogens is 1. The molecule has 1 saturated heterocycles. The van der Waals surface area contributed by atoms with Gasteiger partial charge in [-0.15, -0.1) is 0 Å². The fraction of sp³-hybridized carbons (Fsp3) is 0.476. The number of likely N-dealkylation sites (tertiary alicyclic amines) is 1. The second-order valence-electron chi connectivity index (χ2n) is 7.35. The molecule has 1 aromatic carbocycles. The number of nitrogens with one attached hydrogen (secondary N) is 2. The first-order chi connectivity index (χ1) is 12.8. The van der Waals surface area contributed by atoms with Gasteiger partial charge in [-0.05, 0) is 30.9 Å². The van der Waals surface area contributed by atoms with Crippen LogP contribution in [0.5, 0.6) is 0 Å². The summed E-state index contributed by atoms with van der Waals surface area (Å²) in [6.07, 6.45) is 8.92. The lowest BCUT2D eigenvalue weighted by atomic mass is 10.1. The first kappa shape index (κ1) is 17.2. The van der Waals surface area contributed by atoms with Crippen molar-refractivity contribution in [2.75, 3.05) is 39.8 Å². The first-order valence-electron chi connectivity index (χ1n) is 9.66. The molecule has 3 heterocycles. The average Bonchev–Trinajstić information content (AvgIpc) is 3.39. The maximum atomic E-state index is 4.52. The van der Waals surface area contributed by atoms with Crippen LogP contribution in [0.15, 0.2) is 41.5 Å². The maximum absolute atomic E-state index is 4.52. The van der Waals surface area contributed by atoms with Crippen molar-refractivity contribution >= 4 is 16.9 Å². The topological polar surface area (TPSA) is 46.7 Å². The number of rotatable bonds is 4. The highest BCUT2D eigenvalue weighted by molar-refractivity contribution is 5.86. The smallest absolute Gasteiger partial charge is 0.193 e. The third-order valence-corrected chi connectivity index (χ3v) is 5.72. The Bertz CT molecular complexity index is 811. The van der Waals surface area contributed by atoms with Gasteiger partial charge < -0.3 is 15.2 Å². The van der Waals surface area contributed by atoms with Crippen LogP contribution in [-0.4, -0.2) is 66.6 Å². The molecule has 2 aliphatic rings. The molecule has 2 N–H and O–H groups in total. The SMILES string of the molecule is CN=C(NCCc1c[nH]c2c(C)cccc12)N1CCC(N2CC=CC2)C1. The number of aryl methyl sites for hydroxylation is 1. The molecule has 5 nitrogen and oxygen atoms in total. The van der Waals surface area contributed by atoms with Gasteiger partial charge in [0.25, 0.3) is 0 Å². The van der Waals surface area contributed by atoms with Crippen molar-refractivity contribution in [1.29, 1.82) is 0 Å². The minimum absolute atomic E-state index is 0.653. The van der Waals surface area contributed by atoms with Gasteiger partial charge in [-0.2, -0.15) is 0 Å². The van der Waals surface area contributed by atoms with Gasteiger partial charge in [0.2, 0.25) is 0 Å². The lowest BCUT2D eigenvalue weighted by Gasteiger charge is -2.25. The van der Waals surface area contributed by atoms with Gasteiger partial charge in [0.1, 0.15) is 0 Å². The zero-order valence-corrected chi connectivity index (χ0v) is 15.8. The lowest BCUT2D eigenvalue weighted by molar-refractivity contribution is 0.259. The van der Waals surface area contributed by atoms with E-state index in [0.717, 1.165) is 45.1 Å². The van der Waals surface area contributed by atoms with Crippen molar-refractivity contribution in [3.63, 3.8) is 0 Å². The lowest BCUT2D eigenvalue weighted by Crippen LogP contribution is -2.43. The molecular weight excluding hydrogens is 322 g/mol. The summed E-state index contributed by atoms with van der Waals surface area (Å²) >= 11 is 0. The van der Waals surface area contributed by atoms with Crippen molar-refractivity contribution < 1.29 is 0 Å². The Kier molecular flexibility index (Phi) is 4.98. The summed E-state index contributed by atoms with van der Waals surface area (Å²) in [4.78, 5) is 12.9. The first-order valence-corrected chi connectivity index (χ1v) is 9.66. The summed E-state index contributed by atoms with van der Waals surface area (Å²) in [5.74, 6) is 1.04. The van der Waals surface area contributed by atoms with Crippen molar-refractivity contribution in [2.24, 2.45) is 4.99 Å². The van der Waals surface area contributed by atoms with E-state index in [-0.39, 0.29) is 0 Å². The predicted molar refractivity (Wildman–Crippen MR) is 109 cm³/mol. The Hall–Kier alpha value is -2.27. The normalized spacial score (nSPS) is 21.2. The van der Waals surface area contributed by atoms with E-state index < -0.39 is 0 Å². The third kappa shape index (κ3) is 3.36. The zero-order chi connectivity index (χ0) is 17.9. The number of H-pyrrole nitrogens is 1. The Morgan fingerprint density at radius 3 is 2.96 bits per heavy atom. The number of benzene rings is 1. The van der Waals surface area contributed by atoms with Gasteiger partial charge >= 0.3 is 0 Å². The zero-order valence-electron chi connectivity index (χ0n) is 15.8. The van der Waals surface area contributed by atoms with Crippen LogP contribution in [0.25, 0.3) is 10.9 Å². The molecule has 4 rings (SSSR count). The molecule has 0 bridgehead atoms. The Morgan fingerprint density at radius 1 is 1.31 bits per heavy atom. The molecule has 0 spiro atoms. The third-order valence-electron chi connectivity index (χ3n) is 5.72. The second kappa shape index (κ2) is 7.54. The van der Waals surface area contributed by atoms with Crippen LogP contribution in [-0.2, 0) is 6.42 Å². The van der Waals surface area contributed by atoms with E-state index in [1.165, 1.54) is 28.5 Å². The molecule has 1 fully saturated rings. The van der Waals surface area contributed by atoms with Crippen LogP contribution >= 0.6 is 0 Å². The van der Waals surface area contributed by atoms with Crippen molar-refractivity contribution in [3.8, 4) is 0 Å². The second-order valence-corrected chi connectivity index (χ2v) is 7.35.